The number of rotatable bonds is 2. The van der Waals surface area contributed by atoms with Crippen molar-refractivity contribution in [1.82, 2.24) is 0 Å². The van der Waals surface area contributed by atoms with Crippen LogP contribution in [0.1, 0.15) is 5.56 Å². The summed E-state index contributed by atoms with van der Waals surface area (Å²) in [7, 11) is -3.78. The lowest BCUT2D eigenvalue weighted by Crippen LogP contribution is -2.28. The smallest absolute Gasteiger partial charge is 0.310 e. The summed E-state index contributed by atoms with van der Waals surface area (Å²) in [5.74, 6) is -1.11. The van der Waals surface area contributed by atoms with Gasteiger partial charge in [-0.1, -0.05) is 0 Å². The lowest BCUT2D eigenvalue weighted by molar-refractivity contribution is -0.143. The van der Waals surface area contributed by atoms with Crippen LogP contribution in [0.3, 0.4) is 0 Å². The molecule has 7 heteroatoms. The van der Waals surface area contributed by atoms with Crippen LogP contribution in [-0.2, 0) is 21.2 Å². The number of hydrogen-bond acceptors (Lipinski definition) is 4. The quantitative estimate of drug-likeness (QED) is 0.773. The van der Waals surface area contributed by atoms with Gasteiger partial charge in [0.2, 0.25) is 10.0 Å². The molecule has 0 fully saturated rings. The predicted molar refractivity (Wildman–Crippen MR) is 58.1 cm³/mol. The third kappa shape index (κ3) is 2.40. The van der Waals surface area contributed by atoms with E-state index < -0.39 is 21.9 Å². The fourth-order valence-corrected chi connectivity index (χ4v) is 2.27. The van der Waals surface area contributed by atoms with Crippen molar-refractivity contribution in [2.45, 2.75) is 11.3 Å². The van der Waals surface area contributed by atoms with Crippen LogP contribution in [0.15, 0.2) is 23.1 Å². The zero-order valence-corrected chi connectivity index (χ0v) is 9.61. The zero-order valence-electron chi connectivity index (χ0n) is 8.79. The van der Waals surface area contributed by atoms with E-state index in [9.17, 15) is 13.2 Å². The van der Waals surface area contributed by atoms with Gasteiger partial charge in [-0.15, -0.1) is 0 Å². The molecule has 0 radical (unpaired) electrons. The van der Waals surface area contributed by atoms with Crippen LogP contribution in [0, 0.1) is 5.92 Å². The fraction of sp³-hybridized carbons (Fsp3) is 0.300. The highest BCUT2D eigenvalue weighted by molar-refractivity contribution is 7.89. The summed E-state index contributed by atoms with van der Waals surface area (Å²) >= 11 is 0. The summed E-state index contributed by atoms with van der Waals surface area (Å²) in [6, 6.07) is 4.20. The predicted octanol–water partition coefficient (Wildman–Crippen LogP) is -0.0303. The monoisotopic (exact) mass is 257 g/mol. The Balaban J connectivity index is 2.39. The van der Waals surface area contributed by atoms with Crippen LogP contribution in [0.4, 0.5) is 0 Å². The molecule has 0 spiro atoms. The van der Waals surface area contributed by atoms with Gasteiger partial charge >= 0.3 is 5.97 Å². The molecule has 1 heterocycles. The zero-order chi connectivity index (χ0) is 12.6. The summed E-state index contributed by atoms with van der Waals surface area (Å²) in [6.07, 6.45) is 0.244. The topological polar surface area (TPSA) is 107 Å². The standard InChI is InChI=1S/C10H11NO5S/c11-17(14,15)8-1-2-9-6(4-8)3-7(5-16-9)10(12)13/h1-2,4,7H,3,5H2,(H,12,13)(H2,11,14,15). The molecule has 1 aromatic carbocycles. The van der Waals surface area contributed by atoms with Crippen molar-refractivity contribution < 1.29 is 23.1 Å². The van der Waals surface area contributed by atoms with Gasteiger partial charge < -0.3 is 9.84 Å². The van der Waals surface area contributed by atoms with E-state index in [1.807, 2.05) is 0 Å². The second-order valence-corrected chi connectivity index (χ2v) is 5.43. The molecule has 0 saturated heterocycles. The molecule has 92 valence electrons. The molecule has 1 aliphatic rings. The van der Waals surface area contributed by atoms with Gasteiger partial charge in [0.05, 0.1) is 10.8 Å². The van der Waals surface area contributed by atoms with Crippen LogP contribution in [0.25, 0.3) is 0 Å². The van der Waals surface area contributed by atoms with Crippen molar-refractivity contribution in [2.24, 2.45) is 11.1 Å². The number of primary sulfonamides is 1. The summed E-state index contributed by atoms with van der Waals surface area (Å²) in [4.78, 5) is 10.8. The molecular weight excluding hydrogens is 246 g/mol. The Bertz CT molecular complexity index is 566. The molecular formula is C10H11NO5S. The number of carboxylic acids is 1. The Labute approximate surface area is 98.1 Å². The average molecular weight is 257 g/mol. The van der Waals surface area contributed by atoms with E-state index in [0.29, 0.717) is 11.3 Å². The minimum absolute atomic E-state index is 0.0362. The molecule has 17 heavy (non-hydrogen) atoms. The Morgan fingerprint density at radius 3 is 2.76 bits per heavy atom. The Kier molecular flexibility index (Phi) is 2.80. The molecule has 0 saturated carbocycles. The summed E-state index contributed by atoms with van der Waals surface area (Å²) in [5.41, 5.74) is 0.551. The van der Waals surface area contributed by atoms with E-state index in [4.69, 9.17) is 15.0 Å². The molecule has 3 N–H and O–H groups in total. The second kappa shape index (κ2) is 4.01. The first kappa shape index (κ1) is 11.9. The van der Waals surface area contributed by atoms with Crippen molar-refractivity contribution in [2.75, 3.05) is 6.61 Å². The summed E-state index contributed by atoms with van der Waals surface area (Å²) in [5, 5.41) is 13.9. The van der Waals surface area contributed by atoms with E-state index in [2.05, 4.69) is 0 Å². The van der Waals surface area contributed by atoms with E-state index in [1.54, 1.807) is 0 Å². The maximum atomic E-state index is 11.2. The number of ether oxygens (including phenoxy) is 1. The molecule has 0 bridgehead atoms. The van der Waals surface area contributed by atoms with Crippen LogP contribution in [-0.4, -0.2) is 26.1 Å². The van der Waals surface area contributed by atoms with Gasteiger partial charge in [0.1, 0.15) is 12.4 Å². The molecule has 0 aromatic heterocycles. The van der Waals surface area contributed by atoms with E-state index in [-0.39, 0.29) is 17.9 Å². The maximum Gasteiger partial charge on any atom is 0.310 e. The highest BCUT2D eigenvalue weighted by Gasteiger charge is 2.26. The van der Waals surface area contributed by atoms with Crippen LogP contribution >= 0.6 is 0 Å². The van der Waals surface area contributed by atoms with Crippen molar-refractivity contribution >= 4 is 16.0 Å². The SMILES string of the molecule is NS(=O)(=O)c1ccc2c(c1)CC(C(=O)O)CO2. The van der Waals surface area contributed by atoms with Gasteiger partial charge in [-0.3, -0.25) is 4.79 Å². The third-order valence-corrected chi connectivity index (χ3v) is 3.53. The highest BCUT2D eigenvalue weighted by Crippen LogP contribution is 2.29. The first-order chi connectivity index (χ1) is 7.88. The minimum Gasteiger partial charge on any atom is -0.492 e. The van der Waals surface area contributed by atoms with Crippen LogP contribution in [0.2, 0.25) is 0 Å². The van der Waals surface area contributed by atoms with Crippen LogP contribution < -0.4 is 9.88 Å². The van der Waals surface area contributed by atoms with E-state index >= 15 is 0 Å². The Hall–Kier alpha value is -1.60. The van der Waals surface area contributed by atoms with Gasteiger partial charge in [-0.2, -0.15) is 0 Å². The molecule has 0 amide bonds. The number of fused-ring (bicyclic) bond motifs is 1. The maximum absolute atomic E-state index is 11.2. The lowest BCUT2D eigenvalue weighted by atomic mass is 9.97. The van der Waals surface area contributed by atoms with E-state index in [1.165, 1.54) is 18.2 Å². The molecule has 0 aliphatic carbocycles. The number of carbonyl (C=O) groups is 1. The number of benzene rings is 1. The average Bonchev–Trinajstić information content (AvgIpc) is 2.26. The van der Waals surface area contributed by atoms with E-state index in [0.717, 1.165) is 0 Å². The summed E-state index contributed by atoms with van der Waals surface area (Å²) < 4.78 is 27.6. The number of hydrogen-bond donors (Lipinski definition) is 2. The molecule has 2 rings (SSSR count). The Morgan fingerprint density at radius 2 is 2.18 bits per heavy atom. The molecule has 1 unspecified atom stereocenters. The van der Waals surface area contributed by atoms with Gasteiger partial charge in [0.15, 0.2) is 0 Å². The van der Waals surface area contributed by atoms with Gasteiger partial charge in [0.25, 0.3) is 0 Å². The number of aliphatic carboxylic acids is 1. The lowest BCUT2D eigenvalue weighted by Gasteiger charge is -2.22. The fourth-order valence-electron chi connectivity index (χ4n) is 1.71. The molecule has 6 nitrogen and oxygen atoms in total. The second-order valence-electron chi connectivity index (χ2n) is 3.86. The highest BCUT2D eigenvalue weighted by atomic mass is 32.2. The molecule has 1 atom stereocenters. The van der Waals surface area contributed by atoms with Crippen molar-refractivity contribution in [3.05, 3.63) is 23.8 Å². The third-order valence-electron chi connectivity index (χ3n) is 2.62. The molecule has 1 aromatic rings. The summed E-state index contributed by atoms with van der Waals surface area (Å²) in [6.45, 7) is 0.0943. The van der Waals surface area contributed by atoms with Crippen molar-refractivity contribution in [3.8, 4) is 5.75 Å². The van der Waals surface area contributed by atoms with Gasteiger partial charge in [-0.25, -0.2) is 13.6 Å². The number of nitrogens with two attached hydrogens (primary N) is 1. The first-order valence-corrected chi connectivity index (χ1v) is 6.44. The van der Waals surface area contributed by atoms with Gasteiger partial charge in [-0.05, 0) is 30.2 Å². The first-order valence-electron chi connectivity index (χ1n) is 4.89. The van der Waals surface area contributed by atoms with Crippen LogP contribution in [0.5, 0.6) is 5.75 Å². The van der Waals surface area contributed by atoms with Gasteiger partial charge in [0, 0.05) is 0 Å². The normalized spacial score (nSPS) is 19.2. The minimum atomic E-state index is -3.78. The Morgan fingerprint density at radius 1 is 1.47 bits per heavy atom. The number of carboxylic acid groups (broad SMARTS) is 1. The number of sulfonamides is 1. The van der Waals surface area contributed by atoms with Crippen molar-refractivity contribution in [1.29, 1.82) is 0 Å². The van der Waals surface area contributed by atoms with Crippen molar-refractivity contribution in [3.63, 3.8) is 0 Å². The largest absolute Gasteiger partial charge is 0.492 e. The molecule has 1 aliphatic heterocycles.